The topological polar surface area (TPSA) is 17.0 Å². The number of hydrogen-bond acceptors (Lipinski definition) is 1. The molecule has 0 radical (unpaired) electrons. The molecule has 39 heavy (non-hydrogen) atoms. The Kier molecular flexibility index (Phi) is 5.28. The number of aromatic nitrogens is 1. The van der Waals surface area contributed by atoms with Crippen molar-refractivity contribution in [3.63, 3.8) is 0 Å². The van der Waals surface area contributed by atoms with Crippen LogP contribution in [0.5, 0.6) is 0 Å². The van der Waals surface area contributed by atoms with Gasteiger partial charge in [0.25, 0.3) is 0 Å². The van der Waals surface area contributed by atoms with Crippen molar-refractivity contribution in [2.75, 3.05) is 0 Å². The van der Waals surface area contributed by atoms with Crippen LogP contribution in [0.3, 0.4) is 0 Å². The van der Waals surface area contributed by atoms with Gasteiger partial charge >= 0.3 is 0 Å². The first-order chi connectivity index (χ1) is 19.0. The van der Waals surface area contributed by atoms with E-state index in [9.17, 15) is 0 Å². The first-order valence-corrected chi connectivity index (χ1v) is 14.9. The molecule has 1 fully saturated rings. The van der Waals surface area contributed by atoms with Crippen molar-refractivity contribution in [3.8, 4) is 11.3 Å². The van der Waals surface area contributed by atoms with Gasteiger partial charge in [0, 0.05) is 29.2 Å². The molecular formula is C37H42NO+. The quantitative estimate of drug-likeness (QED) is 0.213. The summed E-state index contributed by atoms with van der Waals surface area (Å²) in [5, 5.41) is 4.93. The molecule has 0 saturated heterocycles. The maximum atomic E-state index is 9.16. The number of hydrogen-bond donors (Lipinski definition) is 0. The zero-order valence-electron chi connectivity index (χ0n) is 25.5. The molecule has 2 aliphatic carbocycles. The maximum Gasteiger partial charge on any atom is 0.216 e. The lowest BCUT2D eigenvalue weighted by molar-refractivity contribution is -0.660. The highest BCUT2D eigenvalue weighted by atomic mass is 16.3. The molecule has 2 nitrogen and oxygen atoms in total. The van der Waals surface area contributed by atoms with Gasteiger partial charge in [-0.1, -0.05) is 77.3 Å². The fourth-order valence-electron chi connectivity index (χ4n) is 7.62. The van der Waals surface area contributed by atoms with Crippen LogP contribution < -0.4 is 4.57 Å². The van der Waals surface area contributed by atoms with Gasteiger partial charge in [0.15, 0.2) is 6.20 Å². The van der Waals surface area contributed by atoms with E-state index in [1.54, 1.807) is 0 Å². The maximum absolute atomic E-state index is 9.16. The van der Waals surface area contributed by atoms with Gasteiger partial charge in [-0.3, -0.25) is 0 Å². The highest BCUT2D eigenvalue weighted by Crippen LogP contribution is 2.51. The number of rotatable bonds is 2. The molecule has 0 atom stereocenters. The third kappa shape index (κ3) is 3.78. The van der Waals surface area contributed by atoms with E-state index in [0.717, 1.165) is 53.7 Å². The Bertz CT molecular complexity index is 1820. The van der Waals surface area contributed by atoms with Gasteiger partial charge in [0.05, 0.1) is 5.56 Å². The largest absolute Gasteiger partial charge is 0.454 e. The van der Waals surface area contributed by atoms with Crippen LogP contribution in [0.15, 0.2) is 59.1 Å². The van der Waals surface area contributed by atoms with E-state index in [2.05, 4.69) is 101 Å². The molecule has 0 aliphatic heterocycles. The molecule has 7 rings (SSSR count). The summed E-state index contributed by atoms with van der Waals surface area (Å²) >= 11 is 0. The number of benzene rings is 3. The minimum atomic E-state index is -0.465. The Balaban J connectivity index is 1.49. The predicted molar refractivity (Wildman–Crippen MR) is 164 cm³/mol. The molecule has 200 valence electrons. The summed E-state index contributed by atoms with van der Waals surface area (Å²) in [5.74, 6) is -0.465. The lowest BCUT2D eigenvalue weighted by atomic mass is 9.62. The monoisotopic (exact) mass is 517 g/mol. The lowest BCUT2D eigenvalue weighted by Gasteiger charge is -2.42. The minimum Gasteiger partial charge on any atom is -0.454 e. The van der Waals surface area contributed by atoms with E-state index in [0.29, 0.717) is 0 Å². The van der Waals surface area contributed by atoms with Gasteiger partial charge in [-0.15, -0.1) is 0 Å². The minimum absolute atomic E-state index is 0.0873. The molecule has 0 unspecified atom stereocenters. The first kappa shape index (κ1) is 23.7. The highest BCUT2D eigenvalue weighted by Gasteiger charge is 2.39. The van der Waals surface area contributed by atoms with Crippen molar-refractivity contribution in [2.45, 2.75) is 96.3 Å². The van der Waals surface area contributed by atoms with E-state index in [1.807, 2.05) is 0 Å². The first-order valence-electron chi connectivity index (χ1n) is 15.4. The van der Waals surface area contributed by atoms with Crippen molar-refractivity contribution >= 4 is 32.7 Å². The summed E-state index contributed by atoms with van der Waals surface area (Å²) < 4.78 is 18.4. The second-order valence-electron chi connectivity index (χ2n) is 13.6. The molecule has 1 saturated carbocycles. The Morgan fingerprint density at radius 2 is 1.51 bits per heavy atom. The number of aryl methyl sites for hydroxylation is 2. The summed E-state index contributed by atoms with van der Waals surface area (Å²) in [5.41, 5.74) is 9.80. The van der Waals surface area contributed by atoms with Crippen LogP contribution in [0.1, 0.15) is 102 Å². The van der Waals surface area contributed by atoms with Gasteiger partial charge in [-0.2, -0.15) is 0 Å². The van der Waals surface area contributed by atoms with E-state index < -0.39 is 5.89 Å². The van der Waals surface area contributed by atoms with Crippen molar-refractivity contribution < 1.29 is 10.4 Å². The SMILES string of the molecule is [2H]C1(c2ccc(-c3c(C)ccc4c3oc3c4ccc4ccc5c(c43)C(C)(C)CCC5(C)C)[n+](C)c2)CCCCC1. The van der Waals surface area contributed by atoms with Gasteiger partial charge < -0.3 is 4.42 Å². The van der Waals surface area contributed by atoms with Gasteiger partial charge in [-0.05, 0) is 83.5 Å². The van der Waals surface area contributed by atoms with Gasteiger partial charge in [0.1, 0.15) is 18.2 Å². The standard InChI is InChI=1S/C37H42NO/c1-23-12-16-27-28-17-13-25-14-18-29-33(37(4,5)21-20-36(29,2)3)32(25)35(28)39-34(27)31(23)30-19-15-26(22-38(30)6)24-10-8-7-9-11-24/h12-19,22,24H,7-11,20-21H2,1-6H3/q+1/i24D. The van der Waals surface area contributed by atoms with E-state index in [4.69, 9.17) is 5.79 Å². The average molecular weight is 518 g/mol. The summed E-state index contributed by atoms with van der Waals surface area (Å²) in [6, 6.07) is 18.1. The van der Waals surface area contributed by atoms with Crippen molar-refractivity contribution in [2.24, 2.45) is 7.05 Å². The molecule has 0 N–H and O–H groups in total. The van der Waals surface area contributed by atoms with Crippen molar-refractivity contribution in [1.29, 1.82) is 0 Å². The molecule has 2 heterocycles. The molecule has 2 aromatic heterocycles. The second kappa shape index (κ2) is 8.68. The zero-order valence-corrected chi connectivity index (χ0v) is 24.5. The molecule has 3 aromatic carbocycles. The van der Waals surface area contributed by atoms with Crippen LogP contribution in [0.4, 0.5) is 0 Å². The van der Waals surface area contributed by atoms with Crippen LogP contribution in [-0.4, -0.2) is 0 Å². The second-order valence-corrected chi connectivity index (χ2v) is 13.6. The molecule has 2 aliphatic rings. The Morgan fingerprint density at radius 1 is 0.821 bits per heavy atom. The normalized spacial score (nSPS) is 20.3. The Hall–Kier alpha value is -3.13. The molecule has 2 heteroatoms. The van der Waals surface area contributed by atoms with Crippen LogP contribution >= 0.6 is 0 Å². The fourth-order valence-corrected chi connectivity index (χ4v) is 7.62. The average Bonchev–Trinajstić information content (AvgIpc) is 3.30. The van der Waals surface area contributed by atoms with E-state index in [-0.39, 0.29) is 10.8 Å². The fraction of sp³-hybridized carbons (Fsp3) is 0.432. The molecule has 0 bridgehead atoms. The smallest absolute Gasteiger partial charge is 0.216 e. The molecular weight excluding hydrogens is 474 g/mol. The number of furan rings is 1. The number of fused-ring (bicyclic) bond motifs is 7. The van der Waals surface area contributed by atoms with Crippen LogP contribution in [0.2, 0.25) is 0 Å². The summed E-state index contributed by atoms with van der Waals surface area (Å²) in [6.45, 7) is 11.8. The summed E-state index contributed by atoms with van der Waals surface area (Å²) in [6.07, 6.45) is 10.0. The predicted octanol–water partition coefficient (Wildman–Crippen LogP) is 9.94. The van der Waals surface area contributed by atoms with E-state index in [1.165, 1.54) is 57.5 Å². The Labute approximate surface area is 234 Å². The van der Waals surface area contributed by atoms with Crippen molar-refractivity contribution in [3.05, 3.63) is 77.0 Å². The van der Waals surface area contributed by atoms with E-state index >= 15 is 0 Å². The lowest BCUT2D eigenvalue weighted by Crippen LogP contribution is -2.34. The van der Waals surface area contributed by atoms with Crippen molar-refractivity contribution in [1.82, 2.24) is 0 Å². The number of pyridine rings is 1. The molecule has 5 aromatic rings. The zero-order chi connectivity index (χ0) is 28.0. The number of nitrogens with zero attached hydrogens (tertiary/aromatic N) is 1. The third-order valence-electron chi connectivity index (χ3n) is 10.0. The van der Waals surface area contributed by atoms with Gasteiger partial charge in [-0.25, -0.2) is 4.57 Å². The van der Waals surface area contributed by atoms with Crippen LogP contribution in [0.25, 0.3) is 44.0 Å². The summed E-state index contributed by atoms with van der Waals surface area (Å²) in [4.78, 5) is 0. The van der Waals surface area contributed by atoms with Crippen LogP contribution in [0, 0.1) is 6.92 Å². The van der Waals surface area contributed by atoms with Crippen LogP contribution in [-0.2, 0) is 17.9 Å². The third-order valence-corrected chi connectivity index (χ3v) is 10.0. The highest BCUT2D eigenvalue weighted by molar-refractivity contribution is 6.18. The van der Waals surface area contributed by atoms with Gasteiger partial charge in [0.2, 0.25) is 5.69 Å². The molecule has 0 amide bonds. The summed E-state index contributed by atoms with van der Waals surface area (Å²) in [7, 11) is 2.13. The molecule has 0 spiro atoms. The Morgan fingerprint density at radius 3 is 2.28 bits per heavy atom.